The van der Waals surface area contributed by atoms with Gasteiger partial charge in [-0.05, 0) is 55.8 Å². The molecule has 2 heterocycles. The molecular formula is C18H22BrN3O. The first-order valence-corrected chi connectivity index (χ1v) is 8.75. The quantitative estimate of drug-likeness (QED) is 0.890. The third-order valence-electron chi connectivity index (χ3n) is 4.53. The van der Waals surface area contributed by atoms with Crippen LogP contribution < -0.4 is 5.32 Å². The molecule has 1 N–H and O–H groups in total. The van der Waals surface area contributed by atoms with Crippen LogP contribution in [-0.2, 0) is 7.05 Å². The van der Waals surface area contributed by atoms with Gasteiger partial charge >= 0.3 is 0 Å². The van der Waals surface area contributed by atoms with Gasteiger partial charge in [0, 0.05) is 30.3 Å². The van der Waals surface area contributed by atoms with Crippen molar-refractivity contribution in [1.29, 1.82) is 0 Å². The minimum Gasteiger partial charge on any atom is -0.340 e. The van der Waals surface area contributed by atoms with E-state index in [9.17, 15) is 4.79 Å². The number of aromatic nitrogens is 1. The summed E-state index contributed by atoms with van der Waals surface area (Å²) >= 11 is 3.50. The van der Waals surface area contributed by atoms with Crippen LogP contribution in [0, 0.1) is 5.92 Å². The molecule has 0 radical (unpaired) electrons. The maximum absolute atomic E-state index is 12.8. The van der Waals surface area contributed by atoms with E-state index in [0.29, 0.717) is 5.92 Å². The Kier molecular flexibility index (Phi) is 4.87. The fraction of sp³-hybridized carbons (Fsp3) is 0.389. The molecule has 122 valence electrons. The SMILES string of the molecule is CNC[C@@H]1CCN(C(=O)c2ccc(-c3cccc(Br)c3)n2C)C1. The number of halogens is 1. The van der Waals surface area contributed by atoms with Crippen LogP contribution in [-0.4, -0.2) is 42.1 Å². The van der Waals surface area contributed by atoms with Crippen LogP contribution in [0.25, 0.3) is 11.3 Å². The summed E-state index contributed by atoms with van der Waals surface area (Å²) in [5.41, 5.74) is 2.92. The number of hydrogen-bond acceptors (Lipinski definition) is 2. The van der Waals surface area contributed by atoms with E-state index < -0.39 is 0 Å². The molecule has 0 saturated carbocycles. The Morgan fingerprint density at radius 1 is 1.35 bits per heavy atom. The molecule has 1 aliphatic rings. The number of benzene rings is 1. The zero-order valence-electron chi connectivity index (χ0n) is 13.6. The molecule has 0 bridgehead atoms. The number of carbonyl (C=O) groups is 1. The van der Waals surface area contributed by atoms with E-state index in [4.69, 9.17) is 0 Å². The van der Waals surface area contributed by atoms with Crippen molar-refractivity contribution < 1.29 is 4.79 Å². The van der Waals surface area contributed by atoms with Gasteiger partial charge in [-0.2, -0.15) is 0 Å². The minimum atomic E-state index is 0.132. The molecule has 1 amide bonds. The second-order valence-electron chi connectivity index (χ2n) is 6.14. The number of nitrogens with one attached hydrogen (secondary N) is 1. The van der Waals surface area contributed by atoms with Crippen molar-refractivity contribution in [3.63, 3.8) is 0 Å². The highest BCUT2D eigenvalue weighted by Gasteiger charge is 2.28. The number of carbonyl (C=O) groups excluding carboxylic acids is 1. The standard InChI is InChI=1S/C18H22BrN3O/c1-20-11-13-8-9-22(12-13)18(23)17-7-6-16(21(17)2)14-4-3-5-15(19)10-14/h3-7,10,13,20H,8-9,11-12H2,1-2H3/t13-/m0/s1. The molecule has 0 spiro atoms. The van der Waals surface area contributed by atoms with E-state index in [1.807, 2.05) is 47.8 Å². The monoisotopic (exact) mass is 375 g/mol. The molecule has 1 aromatic heterocycles. The van der Waals surface area contributed by atoms with E-state index in [2.05, 4.69) is 33.4 Å². The highest BCUT2D eigenvalue weighted by Crippen LogP contribution is 2.26. The van der Waals surface area contributed by atoms with Gasteiger partial charge in [-0.25, -0.2) is 0 Å². The Bertz CT molecular complexity index is 710. The summed E-state index contributed by atoms with van der Waals surface area (Å²) in [6.45, 7) is 2.67. The van der Waals surface area contributed by atoms with E-state index >= 15 is 0 Å². The predicted molar refractivity (Wildman–Crippen MR) is 96.5 cm³/mol. The summed E-state index contributed by atoms with van der Waals surface area (Å²) in [5, 5.41) is 3.20. The van der Waals surface area contributed by atoms with E-state index in [0.717, 1.165) is 47.5 Å². The third-order valence-corrected chi connectivity index (χ3v) is 5.02. The first-order chi connectivity index (χ1) is 11.1. The molecule has 5 heteroatoms. The third kappa shape index (κ3) is 3.35. The normalized spacial score (nSPS) is 17.7. The summed E-state index contributed by atoms with van der Waals surface area (Å²) < 4.78 is 3.04. The average Bonchev–Trinajstić information content (AvgIpc) is 3.14. The number of amides is 1. The first kappa shape index (κ1) is 16.3. The highest BCUT2D eigenvalue weighted by atomic mass is 79.9. The van der Waals surface area contributed by atoms with Crippen LogP contribution in [0.15, 0.2) is 40.9 Å². The van der Waals surface area contributed by atoms with Gasteiger partial charge in [0.15, 0.2) is 0 Å². The molecule has 4 nitrogen and oxygen atoms in total. The van der Waals surface area contributed by atoms with Crippen LogP contribution in [0.2, 0.25) is 0 Å². The maximum atomic E-state index is 12.8. The molecule has 1 atom stereocenters. The average molecular weight is 376 g/mol. The highest BCUT2D eigenvalue weighted by molar-refractivity contribution is 9.10. The molecule has 0 unspecified atom stereocenters. The number of rotatable bonds is 4. The van der Waals surface area contributed by atoms with E-state index in [1.165, 1.54) is 0 Å². The lowest BCUT2D eigenvalue weighted by atomic mass is 10.1. The van der Waals surface area contributed by atoms with Crippen LogP contribution in [0.1, 0.15) is 16.9 Å². The van der Waals surface area contributed by atoms with Gasteiger partial charge in [-0.3, -0.25) is 4.79 Å². The van der Waals surface area contributed by atoms with Gasteiger partial charge in [-0.15, -0.1) is 0 Å². The first-order valence-electron chi connectivity index (χ1n) is 7.95. The second-order valence-corrected chi connectivity index (χ2v) is 7.05. The Morgan fingerprint density at radius 3 is 2.91 bits per heavy atom. The number of nitrogens with zero attached hydrogens (tertiary/aromatic N) is 2. The zero-order valence-corrected chi connectivity index (χ0v) is 15.1. The Balaban J connectivity index is 1.81. The van der Waals surface area contributed by atoms with Crippen molar-refractivity contribution in [3.05, 3.63) is 46.6 Å². The maximum Gasteiger partial charge on any atom is 0.270 e. The van der Waals surface area contributed by atoms with Gasteiger partial charge in [-0.1, -0.05) is 28.1 Å². The van der Waals surface area contributed by atoms with Crippen molar-refractivity contribution in [3.8, 4) is 11.3 Å². The van der Waals surface area contributed by atoms with Gasteiger partial charge in [0.25, 0.3) is 5.91 Å². The van der Waals surface area contributed by atoms with Gasteiger partial charge < -0.3 is 14.8 Å². The minimum absolute atomic E-state index is 0.132. The molecule has 1 aliphatic heterocycles. The summed E-state index contributed by atoms with van der Waals surface area (Å²) in [6, 6.07) is 12.1. The summed E-state index contributed by atoms with van der Waals surface area (Å²) in [5.74, 6) is 0.695. The van der Waals surface area contributed by atoms with Gasteiger partial charge in [0.2, 0.25) is 0 Å². The lowest BCUT2D eigenvalue weighted by Crippen LogP contribution is -2.31. The lowest BCUT2D eigenvalue weighted by molar-refractivity contribution is 0.0778. The zero-order chi connectivity index (χ0) is 16.4. The Hall–Kier alpha value is -1.59. The number of likely N-dealkylation sites (tertiary alicyclic amines) is 1. The molecule has 3 rings (SSSR count). The van der Waals surface area contributed by atoms with Crippen molar-refractivity contribution in [2.75, 3.05) is 26.7 Å². The fourth-order valence-electron chi connectivity index (χ4n) is 3.30. The van der Waals surface area contributed by atoms with Crippen LogP contribution >= 0.6 is 15.9 Å². The van der Waals surface area contributed by atoms with Crippen molar-refractivity contribution in [1.82, 2.24) is 14.8 Å². The molecule has 1 fully saturated rings. The predicted octanol–water partition coefficient (Wildman–Crippen LogP) is 3.14. The smallest absolute Gasteiger partial charge is 0.270 e. The number of hydrogen-bond donors (Lipinski definition) is 1. The molecule has 1 aromatic carbocycles. The summed E-state index contributed by atoms with van der Waals surface area (Å²) in [6.07, 6.45) is 1.08. The van der Waals surface area contributed by atoms with Crippen LogP contribution in [0.4, 0.5) is 0 Å². The topological polar surface area (TPSA) is 37.3 Å². The van der Waals surface area contributed by atoms with E-state index in [-0.39, 0.29) is 5.91 Å². The Labute approximate surface area is 145 Å². The van der Waals surface area contributed by atoms with Gasteiger partial charge in [0.05, 0.1) is 0 Å². The lowest BCUT2D eigenvalue weighted by Gasteiger charge is -2.17. The van der Waals surface area contributed by atoms with Crippen LogP contribution in [0.3, 0.4) is 0 Å². The van der Waals surface area contributed by atoms with Gasteiger partial charge in [0.1, 0.15) is 5.69 Å². The molecular weight excluding hydrogens is 354 g/mol. The van der Waals surface area contributed by atoms with E-state index in [1.54, 1.807) is 0 Å². The van der Waals surface area contributed by atoms with Crippen molar-refractivity contribution in [2.45, 2.75) is 6.42 Å². The summed E-state index contributed by atoms with van der Waals surface area (Å²) in [4.78, 5) is 14.8. The fourth-order valence-corrected chi connectivity index (χ4v) is 3.70. The molecule has 23 heavy (non-hydrogen) atoms. The van der Waals surface area contributed by atoms with Crippen molar-refractivity contribution >= 4 is 21.8 Å². The molecule has 1 saturated heterocycles. The van der Waals surface area contributed by atoms with Crippen molar-refractivity contribution in [2.24, 2.45) is 13.0 Å². The summed E-state index contributed by atoms with van der Waals surface area (Å²) in [7, 11) is 3.93. The second kappa shape index (κ2) is 6.89. The Morgan fingerprint density at radius 2 is 2.17 bits per heavy atom. The largest absolute Gasteiger partial charge is 0.340 e. The molecule has 0 aliphatic carbocycles. The molecule has 2 aromatic rings. The van der Waals surface area contributed by atoms with Crippen LogP contribution in [0.5, 0.6) is 0 Å².